The molecule has 2 aliphatic rings. The van der Waals surface area contributed by atoms with E-state index in [0.717, 1.165) is 16.3 Å². The van der Waals surface area contributed by atoms with Gasteiger partial charge in [-0.15, -0.1) is 0 Å². The lowest BCUT2D eigenvalue weighted by atomic mass is 10.0. The maximum absolute atomic E-state index is 13.2. The number of carbonyl (C=O) groups excluding carboxylic acids is 2. The van der Waals surface area contributed by atoms with Gasteiger partial charge in [0.1, 0.15) is 13.2 Å². The predicted octanol–water partition coefficient (Wildman–Crippen LogP) is 3.40. The van der Waals surface area contributed by atoms with E-state index in [1.165, 1.54) is 0 Å². The quantitative estimate of drug-likeness (QED) is 0.667. The molecule has 3 aromatic carbocycles. The molecule has 1 saturated heterocycles. The summed E-state index contributed by atoms with van der Waals surface area (Å²) in [4.78, 5) is 30.0. The maximum Gasteiger partial charge on any atom is 0.254 e. The van der Waals surface area contributed by atoms with Gasteiger partial charge in [0.15, 0.2) is 11.5 Å². The van der Waals surface area contributed by atoms with E-state index in [2.05, 4.69) is 10.2 Å². The molecule has 5 rings (SSSR count). The smallest absolute Gasteiger partial charge is 0.254 e. The second-order valence-corrected chi connectivity index (χ2v) is 8.38. The molecule has 1 N–H and O–H groups in total. The normalized spacial score (nSPS) is 16.9. The van der Waals surface area contributed by atoms with Gasteiger partial charge < -0.3 is 19.7 Å². The van der Waals surface area contributed by atoms with E-state index < -0.39 is 0 Å². The van der Waals surface area contributed by atoms with E-state index in [0.29, 0.717) is 56.6 Å². The topological polar surface area (TPSA) is 71.1 Å². The Morgan fingerprint density at radius 1 is 0.879 bits per heavy atom. The van der Waals surface area contributed by atoms with E-state index in [-0.39, 0.29) is 17.9 Å². The number of hydrogen-bond donors (Lipinski definition) is 1. The Morgan fingerprint density at radius 3 is 2.42 bits per heavy atom. The zero-order valence-electron chi connectivity index (χ0n) is 18.6. The van der Waals surface area contributed by atoms with Gasteiger partial charge in [-0.2, -0.15) is 0 Å². The van der Waals surface area contributed by atoms with Crippen LogP contribution in [-0.4, -0.2) is 67.0 Å². The second-order valence-electron chi connectivity index (χ2n) is 8.38. The molecule has 170 valence electrons. The van der Waals surface area contributed by atoms with Gasteiger partial charge in [0.25, 0.3) is 5.91 Å². The second kappa shape index (κ2) is 9.11. The van der Waals surface area contributed by atoms with Crippen LogP contribution in [-0.2, 0) is 4.79 Å². The highest BCUT2D eigenvalue weighted by Crippen LogP contribution is 2.32. The fourth-order valence-electron chi connectivity index (χ4n) is 4.43. The SMILES string of the molecule is CC(C(=O)Nc1ccc2c(c1)OCCO2)N1CCN(C(=O)c2cccc3ccccc23)CC1. The van der Waals surface area contributed by atoms with E-state index in [9.17, 15) is 9.59 Å². The largest absolute Gasteiger partial charge is 0.486 e. The Bertz CT molecular complexity index is 1180. The van der Waals surface area contributed by atoms with Crippen LogP contribution in [0.2, 0.25) is 0 Å². The van der Waals surface area contributed by atoms with Crippen molar-refractivity contribution in [2.45, 2.75) is 13.0 Å². The van der Waals surface area contributed by atoms with Crippen LogP contribution in [0.4, 0.5) is 5.69 Å². The van der Waals surface area contributed by atoms with Crippen LogP contribution in [0, 0.1) is 0 Å². The number of amides is 2. The van der Waals surface area contributed by atoms with Crippen LogP contribution in [0.3, 0.4) is 0 Å². The van der Waals surface area contributed by atoms with Crippen molar-refractivity contribution in [1.82, 2.24) is 9.80 Å². The highest BCUT2D eigenvalue weighted by molar-refractivity contribution is 6.07. The summed E-state index contributed by atoms with van der Waals surface area (Å²) in [6, 6.07) is 18.9. The molecule has 0 aromatic heterocycles. The third kappa shape index (κ3) is 4.36. The number of nitrogens with one attached hydrogen (secondary N) is 1. The molecule has 2 heterocycles. The molecule has 2 amide bonds. The number of hydrogen-bond acceptors (Lipinski definition) is 5. The van der Waals surface area contributed by atoms with Crippen LogP contribution in [0.15, 0.2) is 60.7 Å². The average molecular weight is 446 g/mol. The molecule has 1 unspecified atom stereocenters. The molecular formula is C26H27N3O4. The van der Waals surface area contributed by atoms with Crippen molar-refractivity contribution in [2.24, 2.45) is 0 Å². The standard InChI is InChI=1S/C26H27N3O4/c1-18(25(30)27-20-9-10-23-24(17-20)33-16-15-32-23)28-11-13-29(14-12-28)26(31)22-8-4-6-19-5-2-3-7-21(19)22/h2-10,17-18H,11-16H2,1H3,(H,27,30). The van der Waals surface area contributed by atoms with Crippen LogP contribution < -0.4 is 14.8 Å². The van der Waals surface area contributed by atoms with Gasteiger partial charge in [-0.25, -0.2) is 0 Å². The van der Waals surface area contributed by atoms with Gasteiger partial charge in [0, 0.05) is 43.5 Å². The summed E-state index contributed by atoms with van der Waals surface area (Å²) in [5.41, 5.74) is 1.41. The summed E-state index contributed by atoms with van der Waals surface area (Å²) >= 11 is 0. The van der Waals surface area contributed by atoms with Gasteiger partial charge in [-0.3, -0.25) is 14.5 Å². The van der Waals surface area contributed by atoms with Crippen molar-refractivity contribution < 1.29 is 19.1 Å². The first-order valence-electron chi connectivity index (χ1n) is 11.3. The first-order chi connectivity index (χ1) is 16.1. The van der Waals surface area contributed by atoms with Gasteiger partial charge in [0.2, 0.25) is 5.91 Å². The van der Waals surface area contributed by atoms with Crippen LogP contribution in [0.1, 0.15) is 17.3 Å². The Kier molecular flexibility index (Phi) is 5.88. The number of piperazine rings is 1. The van der Waals surface area contributed by atoms with Crippen LogP contribution in [0.5, 0.6) is 11.5 Å². The third-order valence-electron chi connectivity index (χ3n) is 6.36. The molecule has 1 atom stereocenters. The lowest BCUT2D eigenvalue weighted by Gasteiger charge is -2.37. The molecular weight excluding hydrogens is 418 g/mol. The summed E-state index contributed by atoms with van der Waals surface area (Å²) in [7, 11) is 0. The lowest BCUT2D eigenvalue weighted by Crippen LogP contribution is -2.54. The number of nitrogens with zero attached hydrogens (tertiary/aromatic N) is 2. The Morgan fingerprint density at radius 2 is 1.61 bits per heavy atom. The molecule has 0 saturated carbocycles. The van der Waals surface area contributed by atoms with E-state index in [1.54, 1.807) is 6.07 Å². The highest BCUT2D eigenvalue weighted by atomic mass is 16.6. The van der Waals surface area contributed by atoms with Gasteiger partial charge in [-0.1, -0.05) is 36.4 Å². The minimum atomic E-state index is -0.312. The molecule has 0 aliphatic carbocycles. The van der Waals surface area contributed by atoms with Crippen LogP contribution in [0.25, 0.3) is 10.8 Å². The lowest BCUT2D eigenvalue weighted by molar-refractivity contribution is -0.121. The minimum absolute atomic E-state index is 0.0415. The molecule has 1 fully saturated rings. The van der Waals surface area contributed by atoms with Crippen molar-refractivity contribution in [2.75, 3.05) is 44.7 Å². The van der Waals surface area contributed by atoms with Crippen LogP contribution >= 0.6 is 0 Å². The van der Waals surface area contributed by atoms with E-state index in [4.69, 9.17) is 9.47 Å². The van der Waals surface area contributed by atoms with E-state index >= 15 is 0 Å². The number of rotatable bonds is 4. The van der Waals surface area contributed by atoms with Crippen molar-refractivity contribution in [3.05, 3.63) is 66.2 Å². The molecule has 0 radical (unpaired) electrons. The Hall–Kier alpha value is -3.58. The summed E-state index contributed by atoms with van der Waals surface area (Å²) in [6.07, 6.45) is 0. The predicted molar refractivity (Wildman–Crippen MR) is 127 cm³/mol. The van der Waals surface area contributed by atoms with Crippen molar-refractivity contribution >= 4 is 28.3 Å². The zero-order chi connectivity index (χ0) is 22.8. The summed E-state index contributed by atoms with van der Waals surface area (Å²) in [5, 5.41) is 5.01. The number of benzene rings is 3. The summed E-state index contributed by atoms with van der Waals surface area (Å²) in [5.74, 6) is 1.30. The number of ether oxygens (including phenoxy) is 2. The van der Waals surface area contributed by atoms with Gasteiger partial charge >= 0.3 is 0 Å². The average Bonchev–Trinajstić information content (AvgIpc) is 2.87. The molecule has 7 nitrogen and oxygen atoms in total. The maximum atomic E-state index is 13.2. The first kappa shape index (κ1) is 21.3. The zero-order valence-corrected chi connectivity index (χ0v) is 18.6. The number of carbonyl (C=O) groups is 2. The van der Waals surface area contributed by atoms with Crippen molar-refractivity contribution in [1.29, 1.82) is 0 Å². The number of fused-ring (bicyclic) bond motifs is 2. The van der Waals surface area contributed by atoms with Gasteiger partial charge in [-0.05, 0) is 35.9 Å². The molecule has 7 heteroatoms. The molecule has 0 bridgehead atoms. The fraction of sp³-hybridized carbons (Fsp3) is 0.308. The molecule has 3 aromatic rings. The monoisotopic (exact) mass is 445 g/mol. The minimum Gasteiger partial charge on any atom is -0.486 e. The highest BCUT2D eigenvalue weighted by Gasteiger charge is 2.28. The van der Waals surface area contributed by atoms with E-state index in [1.807, 2.05) is 66.4 Å². The molecule has 0 spiro atoms. The third-order valence-corrected chi connectivity index (χ3v) is 6.36. The fourth-order valence-corrected chi connectivity index (χ4v) is 4.43. The van der Waals surface area contributed by atoms with Crippen molar-refractivity contribution in [3.8, 4) is 11.5 Å². The molecule has 33 heavy (non-hydrogen) atoms. The summed E-state index contributed by atoms with van der Waals surface area (Å²) in [6.45, 7) is 5.40. The molecule has 2 aliphatic heterocycles. The van der Waals surface area contributed by atoms with Crippen molar-refractivity contribution in [3.63, 3.8) is 0 Å². The summed E-state index contributed by atoms with van der Waals surface area (Å²) < 4.78 is 11.1. The first-order valence-corrected chi connectivity index (χ1v) is 11.3. The van der Waals surface area contributed by atoms with Gasteiger partial charge in [0.05, 0.1) is 6.04 Å². The number of anilines is 1. The Balaban J connectivity index is 1.20. The Labute approximate surface area is 192 Å².